The molecular weight excluding hydrogens is 178 g/mol. The fourth-order valence-corrected chi connectivity index (χ4v) is 1.34. The van der Waals surface area contributed by atoms with Crippen LogP contribution in [-0.4, -0.2) is 26.8 Å². The predicted molar refractivity (Wildman–Crippen MR) is 54.9 cm³/mol. The zero-order valence-corrected chi connectivity index (χ0v) is 9.57. The van der Waals surface area contributed by atoms with E-state index in [9.17, 15) is 0 Å². The maximum atomic E-state index is 4.04. The van der Waals surface area contributed by atoms with Gasteiger partial charge < -0.3 is 5.32 Å². The highest BCUT2D eigenvalue weighted by Crippen LogP contribution is 2.17. The van der Waals surface area contributed by atoms with Gasteiger partial charge >= 0.3 is 0 Å². The molecule has 1 aromatic rings. The van der Waals surface area contributed by atoms with Crippen LogP contribution in [0.15, 0.2) is 0 Å². The highest BCUT2D eigenvalue weighted by molar-refractivity contribution is 4.93. The largest absolute Gasteiger partial charge is 0.308 e. The number of hydrogen-bond acceptors (Lipinski definition) is 4. The molecule has 0 aromatic carbocycles. The Hall–Kier alpha value is -0.970. The highest BCUT2D eigenvalue weighted by atomic mass is 15.6. The number of hydrogen-bond donors (Lipinski definition) is 1. The topological polar surface area (TPSA) is 55.6 Å². The van der Waals surface area contributed by atoms with E-state index < -0.39 is 0 Å². The summed E-state index contributed by atoms with van der Waals surface area (Å²) in [5.41, 5.74) is -0.0669. The Morgan fingerprint density at radius 2 is 2.07 bits per heavy atom. The molecule has 0 aliphatic heterocycles. The molecule has 0 aliphatic carbocycles. The van der Waals surface area contributed by atoms with Gasteiger partial charge in [0.05, 0.1) is 11.6 Å². The SMILES string of the molecule is CCNC(C)c1nnnn1C(C)(C)C. The van der Waals surface area contributed by atoms with Crippen molar-refractivity contribution in [3.8, 4) is 0 Å². The molecule has 0 spiro atoms. The van der Waals surface area contributed by atoms with Crippen molar-refractivity contribution >= 4 is 0 Å². The van der Waals surface area contributed by atoms with Crippen molar-refractivity contribution in [2.24, 2.45) is 0 Å². The van der Waals surface area contributed by atoms with Crippen molar-refractivity contribution in [3.05, 3.63) is 5.82 Å². The molecule has 80 valence electrons. The molecule has 0 saturated heterocycles. The summed E-state index contributed by atoms with van der Waals surface area (Å²) >= 11 is 0. The fourth-order valence-electron chi connectivity index (χ4n) is 1.34. The molecule has 1 atom stereocenters. The molecule has 0 bridgehead atoms. The zero-order valence-electron chi connectivity index (χ0n) is 9.57. The van der Waals surface area contributed by atoms with Crippen LogP contribution in [0.5, 0.6) is 0 Å². The first-order valence-corrected chi connectivity index (χ1v) is 4.99. The second-order valence-corrected chi connectivity index (χ2v) is 4.40. The van der Waals surface area contributed by atoms with Crippen LogP contribution in [0.3, 0.4) is 0 Å². The standard InChI is InChI=1S/C9H19N5/c1-6-10-7(2)8-11-12-13-14(8)9(3,4)5/h7,10H,6H2,1-5H3. The first kappa shape index (κ1) is 11.1. The van der Waals surface area contributed by atoms with Crippen LogP contribution < -0.4 is 5.32 Å². The molecule has 0 fully saturated rings. The van der Waals surface area contributed by atoms with E-state index in [0.29, 0.717) is 0 Å². The average Bonchev–Trinajstić information content (AvgIpc) is 2.50. The van der Waals surface area contributed by atoms with Crippen molar-refractivity contribution in [3.63, 3.8) is 0 Å². The van der Waals surface area contributed by atoms with Gasteiger partial charge in [0, 0.05) is 0 Å². The van der Waals surface area contributed by atoms with Gasteiger partial charge in [0.1, 0.15) is 0 Å². The van der Waals surface area contributed by atoms with E-state index in [0.717, 1.165) is 12.4 Å². The smallest absolute Gasteiger partial charge is 0.168 e. The Morgan fingerprint density at radius 1 is 1.43 bits per heavy atom. The Labute approximate surface area is 84.9 Å². The molecule has 1 heterocycles. The van der Waals surface area contributed by atoms with Gasteiger partial charge in [-0.2, -0.15) is 0 Å². The van der Waals surface area contributed by atoms with E-state index in [1.54, 1.807) is 0 Å². The van der Waals surface area contributed by atoms with Crippen molar-refractivity contribution in [1.82, 2.24) is 25.5 Å². The molecular formula is C9H19N5. The minimum absolute atomic E-state index is 0.0669. The van der Waals surface area contributed by atoms with E-state index in [4.69, 9.17) is 0 Å². The van der Waals surface area contributed by atoms with Gasteiger partial charge in [-0.05, 0) is 44.7 Å². The number of rotatable bonds is 3. The van der Waals surface area contributed by atoms with Crippen LogP contribution >= 0.6 is 0 Å². The molecule has 0 aliphatic rings. The third-order valence-electron chi connectivity index (χ3n) is 2.03. The number of aromatic nitrogens is 4. The fraction of sp³-hybridized carbons (Fsp3) is 0.889. The van der Waals surface area contributed by atoms with Gasteiger partial charge in [-0.15, -0.1) is 5.10 Å². The minimum atomic E-state index is -0.0669. The number of tetrazole rings is 1. The van der Waals surface area contributed by atoms with Crippen LogP contribution in [0.25, 0.3) is 0 Å². The lowest BCUT2D eigenvalue weighted by molar-refractivity contribution is 0.323. The lowest BCUT2D eigenvalue weighted by Crippen LogP contribution is -2.30. The van der Waals surface area contributed by atoms with Crippen molar-refractivity contribution in [2.75, 3.05) is 6.54 Å². The van der Waals surface area contributed by atoms with E-state index in [1.807, 2.05) is 4.68 Å². The lowest BCUT2D eigenvalue weighted by Gasteiger charge is -2.22. The summed E-state index contributed by atoms with van der Waals surface area (Å²) in [5.74, 6) is 0.888. The van der Waals surface area contributed by atoms with E-state index >= 15 is 0 Å². The summed E-state index contributed by atoms with van der Waals surface area (Å²) in [6.45, 7) is 11.3. The highest BCUT2D eigenvalue weighted by Gasteiger charge is 2.22. The molecule has 0 saturated carbocycles. The van der Waals surface area contributed by atoms with Crippen LogP contribution in [-0.2, 0) is 5.54 Å². The Kier molecular flexibility index (Phi) is 3.21. The summed E-state index contributed by atoms with van der Waals surface area (Å²) in [7, 11) is 0. The van der Waals surface area contributed by atoms with Gasteiger partial charge in [0.15, 0.2) is 5.82 Å². The summed E-state index contributed by atoms with van der Waals surface area (Å²) in [6.07, 6.45) is 0. The van der Waals surface area contributed by atoms with E-state index in [-0.39, 0.29) is 11.6 Å². The molecule has 5 heteroatoms. The Bertz CT molecular complexity index is 286. The van der Waals surface area contributed by atoms with Crippen LogP contribution in [0, 0.1) is 0 Å². The van der Waals surface area contributed by atoms with Crippen molar-refractivity contribution < 1.29 is 0 Å². The molecule has 1 aromatic heterocycles. The first-order valence-electron chi connectivity index (χ1n) is 4.99. The maximum Gasteiger partial charge on any atom is 0.168 e. The number of nitrogens with one attached hydrogen (secondary N) is 1. The van der Waals surface area contributed by atoms with Crippen LogP contribution in [0.1, 0.15) is 46.5 Å². The van der Waals surface area contributed by atoms with Gasteiger partial charge in [0.2, 0.25) is 0 Å². The third-order valence-corrected chi connectivity index (χ3v) is 2.03. The molecule has 1 N–H and O–H groups in total. The molecule has 0 amide bonds. The summed E-state index contributed by atoms with van der Waals surface area (Å²) in [5, 5.41) is 15.1. The van der Waals surface area contributed by atoms with Gasteiger partial charge in [-0.3, -0.25) is 0 Å². The monoisotopic (exact) mass is 197 g/mol. The molecule has 5 nitrogen and oxygen atoms in total. The molecule has 1 rings (SSSR count). The van der Waals surface area contributed by atoms with Gasteiger partial charge in [0.25, 0.3) is 0 Å². The summed E-state index contributed by atoms with van der Waals surface area (Å²) in [6, 6.07) is 0.189. The normalized spacial score (nSPS) is 14.4. The second-order valence-electron chi connectivity index (χ2n) is 4.40. The quantitative estimate of drug-likeness (QED) is 0.788. The zero-order chi connectivity index (χ0) is 10.8. The molecule has 1 unspecified atom stereocenters. The van der Waals surface area contributed by atoms with Crippen LogP contribution in [0.4, 0.5) is 0 Å². The predicted octanol–water partition coefficient (Wildman–Crippen LogP) is 1.10. The average molecular weight is 197 g/mol. The van der Waals surface area contributed by atoms with E-state index in [1.165, 1.54) is 0 Å². The maximum absolute atomic E-state index is 4.04. The van der Waals surface area contributed by atoms with Crippen molar-refractivity contribution in [2.45, 2.75) is 46.2 Å². The first-order chi connectivity index (χ1) is 6.46. The minimum Gasteiger partial charge on any atom is -0.308 e. The van der Waals surface area contributed by atoms with E-state index in [2.05, 4.69) is 55.5 Å². The van der Waals surface area contributed by atoms with Gasteiger partial charge in [-0.25, -0.2) is 4.68 Å². The summed E-state index contributed by atoms with van der Waals surface area (Å²) in [4.78, 5) is 0. The Morgan fingerprint density at radius 3 is 2.57 bits per heavy atom. The Balaban J connectivity index is 2.93. The van der Waals surface area contributed by atoms with Crippen LogP contribution in [0.2, 0.25) is 0 Å². The number of nitrogens with zero attached hydrogens (tertiary/aromatic N) is 4. The van der Waals surface area contributed by atoms with Crippen molar-refractivity contribution in [1.29, 1.82) is 0 Å². The molecule has 14 heavy (non-hydrogen) atoms. The van der Waals surface area contributed by atoms with Gasteiger partial charge in [-0.1, -0.05) is 6.92 Å². The molecule has 0 radical (unpaired) electrons. The lowest BCUT2D eigenvalue weighted by atomic mass is 10.1. The third kappa shape index (κ3) is 2.29. The summed E-state index contributed by atoms with van der Waals surface area (Å²) < 4.78 is 1.86. The second kappa shape index (κ2) is 4.04.